The van der Waals surface area contributed by atoms with Crippen molar-refractivity contribution in [1.82, 2.24) is 10.2 Å². The molecule has 2 atom stereocenters. The Morgan fingerprint density at radius 1 is 1.11 bits per heavy atom. The number of rotatable bonds is 8. The highest BCUT2D eigenvalue weighted by molar-refractivity contribution is 5.94. The van der Waals surface area contributed by atoms with E-state index in [-0.39, 0.29) is 18.6 Å². The first-order valence-electron chi connectivity index (χ1n) is 11.9. The molecule has 2 unspecified atom stereocenters. The number of hydrogen-bond acceptors (Lipinski definition) is 7. The van der Waals surface area contributed by atoms with Gasteiger partial charge in [0.1, 0.15) is 25.0 Å². The van der Waals surface area contributed by atoms with Gasteiger partial charge in [0.2, 0.25) is 5.91 Å². The predicted octanol–water partition coefficient (Wildman–Crippen LogP) is 2.89. The van der Waals surface area contributed by atoms with Gasteiger partial charge in [0.25, 0.3) is 5.91 Å². The normalized spacial score (nSPS) is 17.5. The van der Waals surface area contributed by atoms with Gasteiger partial charge in [-0.25, -0.2) is 4.79 Å². The molecule has 2 aliphatic rings. The van der Waals surface area contributed by atoms with Gasteiger partial charge in [-0.2, -0.15) is 0 Å². The Hall–Kier alpha value is -4.01. The Morgan fingerprint density at radius 3 is 2.61 bits per heavy atom. The molecular weight excluding hydrogens is 464 g/mol. The van der Waals surface area contributed by atoms with Crippen molar-refractivity contribution < 1.29 is 33.3 Å². The number of nitrogens with one attached hydrogen (secondary N) is 1. The summed E-state index contributed by atoms with van der Waals surface area (Å²) in [4.78, 5) is 39.1. The first kappa shape index (κ1) is 25.1. The molecule has 0 aliphatic carbocycles. The van der Waals surface area contributed by atoms with Crippen LogP contribution in [-0.2, 0) is 19.1 Å². The minimum Gasteiger partial charge on any atom is -0.497 e. The molecule has 0 bridgehead atoms. The summed E-state index contributed by atoms with van der Waals surface area (Å²) in [7, 11) is 1.58. The van der Waals surface area contributed by atoms with Crippen LogP contribution in [0.4, 0.5) is 0 Å². The van der Waals surface area contributed by atoms with E-state index in [1.165, 1.54) is 13.0 Å². The molecule has 0 spiro atoms. The number of methoxy groups -OCH3 is 1. The van der Waals surface area contributed by atoms with Crippen molar-refractivity contribution in [1.29, 1.82) is 0 Å². The molecule has 2 aromatic carbocycles. The van der Waals surface area contributed by atoms with Gasteiger partial charge in [0, 0.05) is 12.6 Å². The van der Waals surface area contributed by atoms with E-state index in [1.807, 2.05) is 30.3 Å². The zero-order chi connectivity index (χ0) is 25.5. The lowest BCUT2D eigenvalue weighted by atomic mass is 10.0. The summed E-state index contributed by atoms with van der Waals surface area (Å²) < 4.78 is 21.6. The molecule has 190 valence electrons. The molecule has 0 aromatic heterocycles. The standard InChI is InChI=1S/C27H30N2O7/c1-18(28-25(30)12-7-19-5-9-21(33-2)10-6-19)27(32)36-17-26(31)29-13-3-4-22(29)20-8-11-23-24(16-20)35-15-14-34-23/h5-12,16,18,22H,3-4,13-15,17H2,1-2H3,(H,28,30)/b12-7+. The molecule has 0 radical (unpaired) electrons. The third kappa shape index (κ3) is 6.16. The van der Waals surface area contributed by atoms with Crippen LogP contribution in [0.3, 0.4) is 0 Å². The third-order valence-electron chi connectivity index (χ3n) is 6.12. The van der Waals surface area contributed by atoms with Crippen molar-refractivity contribution in [3.8, 4) is 17.2 Å². The number of likely N-dealkylation sites (tertiary alicyclic amines) is 1. The fraction of sp³-hybridized carbons (Fsp3) is 0.370. The van der Waals surface area contributed by atoms with Gasteiger partial charge in [-0.15, -0.1) is 0 Å². The van der Waals surface area contributed by atoms with E-state index in [9.17, 15) is 14.4 Å². The number of hydrogen-bond donors (Lipinski definition) is 1. The van der Waals surface area contributed by atoms with Crippen molar-refractivity contribution in [2.24, 2.45) is 0 Å². The van der Waals surface area contributed by atoms with E-state index in [2.05, 4.69) is 5.32 Å². The number of carbonyl (C=O) groups is 3. The van der Waals surface area contributed by atoms with Gasteiger partial charge in [-0.05, 0) is 61.2 Å². The third-order valence-corrected chi connectivity index (χ3v) is 6.12. The van der Waals surface area contributed by atoms with Crippen LogP contribution in [0.2, 0.25) is 0 Å². The van der Waals surface area contributed by atoms with Gasteiger partial charge >= 0.3 is 5.97 Å². The van der Waals surface area contributed by atoms with Crippen molar-refractivity contribution in [3.05, 3.63) is 59.7 Å². The van der Waals surface area contributed by atoms with Crippen LogP contribution >= 0.6 is 0 Å². The SMILES string of the molecule is COc1ccc(/C=C/C(=O)NC(C)C(=O)OCC(=O)N2CCCC2c2ccc3c(c2)OCCO3)cc1. The Balaban J connectivity index is 1.26. The van der Waals surface area contributed by atoms with E-state index in [4.69, 9.17) is 18.9 Å². The van der Waals surface area contributed by atoms with Gasteiger partial charge in [-0.3, -0.25) is 9.59 Å². The summed E-state index contributed by atoms with van der Waals surface area (Å²) >= 11 is 0. The van der Waals surface area contributed by atoms with Crippen molar-refractivity contribution >= 4 is 23.9 Å². The maximum absolute atomic E-state index is 12.9. The maximum atomic E-state index is 12.9. The van der Waals surface area contributed by atoms with Crippen molar-refractivity contribution in [3.63, 3.8) is 0 Å². The average molecular weight is 495 g/mol. The molecule has 0 saturated carbocycles. The van der Waals surface area contributed by atoms with Crippen molar-refractivity contribution in [2.75, 3.05) is 33.5 Å². The summed E-state index contributed by atoms with van der Waals surface area (Å²) in [6.45, 7) is 2.72. The fourth-order valence-corrected chi connectivity index (χ4v) is 4.23. The fourth-order valence-electron chi connectivity index (χ4n) is 4.23. The van der Waals surface area contributed by atoms with Gasteiger partial charge in [-0.1, -0.05) is 18.2 Å². The van der Waals surface area contributed by atoms with Crippen LogP contribution in [0.5, 0.6) is 17.2 Å². The van der Waals surface area contributed by atoms with Crippen LogP contribution in [0.1, 0.15) is 36.9 Å². The largest absolute Gasteiger partial charge is 0.497 e. The summed E-state index contributed by atoms with van der Waals surface area (Å²) in [5.41, 5.74) is 1.77. The highest BCUT2D eigenvalue weighted by Crippen LogP contribution is 2.38. The first-order chi connectivity index (χ1) is 17.4. The quantitative estimate of drug-likeness (QED) is 0.445. The molecule has 9 heteroatoms. The second-order valence-corrected chi connectivity index (χ2v) is 8.59. The zero-order valence-electron chi connectivity index (χ0n) is 20.4. The molecule has 2 amide bonds. The number of esters is 1. The lowest BCUT2D eigenvalue weighted by Gasteiger charge is -2.26. The Kier molecular flexibility index (Phi) is 8.10. The Labute approximate surface area is 210 Å². The molecule has 1 saturated heterocycles. The minimum absolute atomic E-state index is 0.118. The van der Waals surface area contributed by atoms with Crippen LogP contribution in [0.15, 0.2) is 48.5 Å². The number of fused-ring (bicyclic) bond motifs is 1. The lowest BCUT2D eigenvalue weighted by molar-refractivity contribution is -0.154. The second kappa shape index (κ2) is 11.6. The number of nitrogens with zero attached hydrogens (tertiary/aromatic N) is 1. The topological polar surface area (TPSA) is 103 Å². The maximum Gasteiger partial charge on any atom is 0.328 e. The number of benzene rings is 2. The number of ether oxygens (including phenoxy) is 4. The molecule has 2 aromatic rings. The lowest BCUT2D eigenvalue weighted by Crippen LogP contribution is -2.41. The highest BCUT2D eigenvalue weighted by Gasteiger charge is 2.31. The summed E-state index contributed by atoms with van der Waals surface area (Å²) in [5.74, 6) is 0.692. The molecule has 2 heterocycles. The summed E-state index contributed by atoms with van der Waals surface area (Å²) in [5, 5.41) is 2.55. The zero-order valence-corrected chi connectivity index (χ0v) is 20.4. The van der Waals surface area contributed by atoms with Gasteiger partial charge in [0.05, 0.1) is 13.2 Å². The van der Waals surface area contributed by atoms with E-state index in [1.54, 1.807) is 30.2 Å². The number of carbonyl (C=O) groups excluding carboxylic acids is 3. The monoisotopic (exact) mass is 494 g/mol. The van der Waals surface area contributed by atoms with E-state index in [0.717, 1.165) is 24.0 Å². The van der Waals surface area contributed by atoms with E-state index in [0.29, 0.717) is 37.0 Å². The van der Waals surface area contributed by atoms with Gasteiger partial charge in [0.15, 0.2) is 18.1 Å². The molecule has 36 heavy (non-hydrogen) atoms. The van der Waals surface area contributed by atoms with E-state index < -0.39 is 17.9 Å². The summed E-state index contributed by atoms with van der Waals surface area (Å²) in [6, 6.07) is 11.9. The molecule has 2 aliphatic heterocycles. The van der Waals surface area contributed by atoms with Crippen molar-refractivity contribution in [2.45, 2.75) is 31.8 Å². The molecule has 9 nitrogen and oxygen atoms in total. The minimum atomic E-state index is -0.905. The smallest absolute Gasteiger partial charge is 0.328 e. The predicted molar refractivity (Wildman–Crippen MR) is 132 cm³/mol. The van der Waals surface area contributed by atoms with Crippen LogP contribution in [0.25, 0.3) is 6.08 Å². The average Bonchev–Trinajstić information content (AvgIpc) is 3.40. The van der Waals surface area contributed by atoms with Crippen LogP contribution in [-0.4, -0.2) is 62.2 Å². The van der Waals surface area contributed by atoms with Crippen LogP contribution in [0, 0.1) is 0 Å². The summed E-state index contributed by atoms with van der Waals surface area (Å²) in [6.07, 6.45) is 4.62. The van der Waals surface area contributed by atoms with Gasteiger partial charge < -0.3 is 29.2 Å². The van der Waals surface area contributed by atoms with E-state index >= 15 is 0 Å². The Bertz CT molecular complexity index is 1130. The highest BCUT2D eigenvalue weighted by atomic mass is 16.6. The molecule has 1 fully saturated rings. The molecule has 4 rings (SSSR count). The second-order valence-electron chi connectivity index (χ2n) is 8.59. The molecular formula is C27H30N2O7. The number of amides is 2. The Morgan fingerprint density at radius 2 is 1.86 bits per heavy atom. The molecule has 1 N–H and O–H groups in total. The van der Waals surface area contributed by atoms with Crippen LogP contribution < -0.4 is 19.5 Å². The first-order valence-corrected chi connectivity index (χ1v) is 11.9.